The zero-order valence-corrected chi connectivity index (χ0v) is 34.4. The summed E-state index contributed by atoms with van der Waals surface area (Å²) in [5.74, 6) is -1.99. The van der Waals surface area contributed by atoms with E-state index in [9.17, 15) is 45.7 Å². The fourth-order valence-electron chi connectivity index (χ4n) is 6.23. The highest BCUT2D eigenvalue weighted by molar-refractivity contribution is 7.86. The van der Waals surface area contributed by atoms with Crippen molar-refractivity contribution in [2.75, 3.05) is 5.32 Å². The number of carbonyl (C=O) groups excluding carboxylic acids is 1. The van der Waals surface area contributed by atoms with E-state index in [1.165, 1.54) is 24.3 Å². The van der Waals surface area contributed by atoms with Crippen molar-refractivity contribution in [3.63, 3.8) is 0 Å². The van der Waals surface area contributed by atoms with Gasteiger partial charge in [-0.2, -0.15) is 42.4 Å². The number of amides is 1. The summed E-state index contributed by atoms with van der Waals surface area (Å²) in [5.41, 5.74) is 5.17. The van der Waals surface area contributed by atoms with Crippen molar-refractivity contribution in [2.45, 2.75) is 37.5 Å². The molecule has 0 aliphatic rings. The topological polar surface area (TPSA) is 300 Å². The van der Waals surface area contributed by atoms with E-state index in [-0.39, 0.29) is 16.5 Å². The van der Waals surface area contributed by atoms with Crippen LogP contribution in [0.25, 0.3) is 27.5 Å². The largest absolute Gasteiger partial charge is 0.505 e. The molecule has 1 amide bonds. The summed E-state index contributed by atoms with van der Waals surface area (Å²) in [6, 6.07) is 20.4. The van der Waals surface area contributed by atoms with Crippen LogP contribution in [0.3, 0.4) is 0 Å². The fraction of sp³-hybridized carbons (Fsp3) is 0.100. The minimum Gasteiger partial charge on any atom is -0.505 e. The molecule has 314 valence electrons. The Balaban J connectivity index is 1.09. The van der Waals surface area contributed by atoms with Crippen LogP contribution in [0.2, 0.25) is 0 Å². The predicted octanol–water partition coefficient (Wildman–Crippen LogP) is 9.52. The van der Waals surface area contributed by atoms with Gasteiger partial charge in [-0.25, -0.2) is 4.79 Å². The van der Waals surface area contributed by atoms with Crippen LogP contribution in [0.4, 0.5) is 39.8 Å². The maximum atomic E-state index is 12.3. The first-order chi connectivity index (χ1) is 29.3. The Morgan fingerprint density at radius 3 is 1.89 bits per heavy atom. The minimum absolute atomic E-state index is 0.0237. The van der Waals surface area contributed by atoms with Crippen LogP contribution in [-0.4, -0.2) is 63.5 Å². The molecular weight excluding hydrogens is 845 g/mol. The number of benzene rings is 6. The quantitative estimate of drug-likeness (QED) is 0.0435. The number of azo groups is 3. The Kier molecular flexibility index (Phi) is 11.2. The standard InChI is InChI=1S/C40H32N10O10S2/c1-20-11-26(6-9-30(20)43-45-33-18-35-34(14-23(33)4)48-50(49-35)36-10-7-27(61(55,56)57)17-29(36)40(53)54)42-44-31-12-22(3)32(13-21(31)2)46-47-38-37(62(58,59)60)16-24-15-25(41-19-51)5-8-28(24)39(38)52/h5-19,52H,1-4H3,(H,41,51)(H,53,54)(H,55,56,57)(H,58,59,60)/b44-42-,45-43?,47-46-. The number of carboxylic acid groups (broad SMARTS) is 1. The highest BCUT2D eigenvalue weighted by Crippen LogP contribution is 2.43. The number of carboxylic acids is 1. The summed E-state index contributed by atoms with van der Waals surface area (Å²) in [7, 11) is -9.51. The van der Waals surface area contributed by atoms with Gasteiger partial charge in [0, 0.05) is 11.1 Å². The molecule has 0 saturated carbocycles. The molecule has 7 aromatic rings. The Bertz CT molecular complexity index is 3350. The summed E-state index contributed by atoms with van der Waals surface area (Å²) in [6.45, 7) is 7.10. The molecule has 0 unspecified atom stereocenters. The molecule has 20 nitrogen and oxygen atoms in total. The van der Waals surface area contributed by atoms with Crippen LogP contribution in [-0.2, 0) is 25.0 Å². The first-order valence-corrected chi connectivity index (χ1v) is 20.9. The third-order valence-corrected chi connectivity index (χ3v) is 11.2. The van der Waals surface area contributed by atoms with E-state index in [0.717, 1.165) is 28.6 Å². The van der Waals surface area contributed by atoms with Crippen molar-refractivity contribution >= 4 is 94.2 Å². The Labute approximate surface area is 351 Å². The molecule has 0 radical (unpaired) electrons. The van der Waals surface area contributed by atoms with Crippen molar-refractivity contribution in [2.24, 2.45) is 30.7 Å². The number of aryl methyl sites for hydroxylation is 4. The van der Waals surface area contributed by atoms with Crippen molar-refractivity contribution in [1.82, 2.24) is 15.0 Å². The number of phenols is 1. The second-order valence-corrected chi connectivity index (χ2v) is 16.6. The summed E-state index contributed by atoms with van der Waals surface area (Å²) in [5, 5.41) is 58.1. The van der Waals surface area contributed by atoms with Crippen LogP contribution in [0.1, 0.15) is 32.6 Å². The van der Waals surface area contributed by atoms with Gasteiger partial charge in [0.1, 0.15) is 27.3 Å². The van der Waals surface area contributed by atoms with Gasteiger partial charge in [-0.05, 0) is 140 Å². The van der Waals surface area contributed by atoms with E-state index in [1.807, 2.05) is 6.92 Å². The highest BCUT2D eigenvalue weighted by atomic mass is 32.2. The van der Waals surface area contributed by atoms with Crippen molar-refractivity contribution < 1.29 is 45.7 Å². The van der Waals surface area contributed by atoms with E-state index < -0.39 is 53.0 Å². The van der Waals surface area contributed by atoms with Crippen molar-refractivity contribution in [1.29, 1.82) is 0 Å². The second-order valence-electron chi connectivity index (χ2n) is 13.8. The van der Waals surface area contributed by atoms with E-state index >= 15 is 0 Å². The average molecular weight is 877 g/mol. The molecule has 1 aromatic heterocycles. The first-order valence-electron chi connectivity index (χ1n) is 18.0. The summed E-state index contributed by atoms with van der Waals surface area (Å²) in [6.07, 6.45) is 0.441. The maximum absolute atomic E-state index is 12.3. The zero-order chi connectivity index (χ0) is 44.7. The summed E-state index contributed by atoms with van der Waals surface area (Å²) in [4.78, 5) is 22.6. The normalized spacial score (nSPS) is 12.4. The van der Waals surface area contributed by atoms with E-state index in [0.29, 0.717) is 68.3 Å². The van der Waals surface area contributed by atoms with Crippen LogP contribution >= 0.6 is 0 Å². The molecule has 0 atom stereocenters. The number of carbonyl (C=O) groups is 2. The SMILES string of the molecule is Cc1cc(/N=N\c2cc(C)c(/N=N\c3c(S(=O)(=O)O)cc4cc(NC=O)ccc4c3O)cc2C)ccc1N=Nc1cc2nn(-c3ccc(S(=O)(=O)O)cc3C(=O)O)nc2cc1C. The van der Waals surface area contributed by atoms with Crippen LogP contribution < -0.4 is 5.32 Å². The molecule has 0 spiro atoms. The first kappa shape index (κ1) is 42.5. The van der Waals surface area contributed by atoms with Gasteiger partial charge < -0.3 is 15.5 Å². The molecule has 1 heterocycles. The number of aromatic hydroxyl groups is 1. The summed E-state index contributed by atoms with van der Waals surface area (Å²) >= 11 is 0. The predicted molar refractivity (Wildman–Crippen MR) is 225 cm³/mol. The number of fused-ring (bicyclic) bond motifs is 2. The molecule has 0 fully saturated rings. The molecule has 22 heteroatoms. The molecule has 62 heavy (non-hydrogen) atoms. The summed E-state index contributed by atoms with van der Waals surface area (Å²) < 4.78 is 67.1. The number of hydrogen-bond donors (Lipinski definition) is 5. The van der Waals surface area contributed by atoms with Gasteiger partial charge in [0.25, 0.3) is 20.2 Å². The minimum atomic E-state index is -4.86. The number of hydrogen-bond acceptors (Lipinski definition) is 15. The Morgan fingerprint density at radius 2 is 1.26 bits per heavy atom. The van der Waals surface area contributed by atoms with E-state index in [4.69, 9.17) is 0 Å². The lowest BCUT2D eigenvalue weighted by atomic mass is 10.1. The average Bonchev–Trinajstić information content (AvgIpc) is 3.62. The van der Waals surface area contributed by atoms with Crippen LogP contribution in [0.15, 0.2) is 125 Å². The number of aromatic carboxylic acids is 1. The Hall–Kier alpha value is -7.66. The fourth-order valence-corrected chi connectivity index (χ4v) is 7.40. The number of nitrogens with zero attached hydrogens (tertiary/aromatic N) is 9. The number of nitrogens with one attached hydrogen (secondary N) is 1. The number of phenolic OH excluding ortho intramolecular Hbond substituents is 1. The number of aromatic nitrogens is 3. The molecule has 0 aliphatic heterocycles. The van der Waals surface area contributed by atoms with E-state index in [2.05, 4.69) is 46.2 Å². The lowest BCUT2D eigenvalue weighted by Gasteiger charge is -2.10. The van der Waals surface area contributed by atoms with Gasteiger partial charge >= 0.3 is 5.97 Å². The van der Waals surface area contributed by atoms with Gasteiger partial charge in [0.15, 0.2) is 5.75 Å². The lowest BCUT2D eigenvalue weighted by molar-refractivity contribution is -0.105. The van der Waals surface area contributed by atoms with Crippen LogP contribution in [0.5, 0.6) is 5.75 Å². The Morgan fingerprint density at radius 1 is 0.661 bits per heavy atom. The molecule has 6 aromatic carbocycles. The maximum Gasteiger partial charge on any atom is 0.338 e. The van der Waals surface area contributed by atoms with Gasteiger partial charge in [-0.1, -0.05) is 0 Å². The second kappa shape index (κ2) is 16.4. The van der Waals surface area contributed by atoms with Gasteiger partial charge in [-0.15, -0.1) is 20.1 Å². The number of anilines is 1. The smallest absolute Gasteiger partial charge is 0.338 e. The molecule has 7 rings (SSSR count). The molecule has 5 N–H and O–H groups in total. The van der Waals surface area contributed by atoms with E-state index in [1.54, 1.807) is 63.2 Å². The molecule has 0 saturated heterocycles. The molecular formula is C40H32N10O10S2. The molecule has 0 bridgehead atoms. The lowest BCUT2D eigenvalue weighted by Crippen LogP contribution is -2.10. The highest BCUT2D eigenvalue weighted by Gasteiger charge is 2.23. The third-order valence-electron chi connectivity index (χ3n) is 9.46. The zero-order valence-electron chi connectivity index (χ0n) is 32.7. The van der Waals surface area contributed by atoms with Crippen molar-refractivity contribution in [3.05, 3.63) is 113 Å². The van der Waals surface area contributed by atoms with Crippen LogP contribution in [0, 0.1) is 27.7 Å². The van der Waals surface area contributed by atoms with Crippen molar-refractivity contribution in [3.8, 4) is 11.4 Å². The van der Waals surface area contributed by atoms with Gasteiger partial charge in [0.05, 0.1) is 38.9 Å². The number of rotatable bonds is 12. The molecule has 0 aliphatic carbocycles. The van der Waals surface area contributed by atoms with Gasteiger partial charge in [0.2, 0.25) is 6.41 Å². The van der Waals surface area contributed by atoms with Gasteiger partial charge in [-0.3, -0.25) is 13.9 Å². The monoisotopic (exact) mass is 876 g/mol. The third kappa shape index (κ3) is 8.78.